The van der Waals surface area contributed by atoms with Gasteiger partial charge in [-0.2, -0.15) is 0 Å². The van der Waals surface area contributed by atoms with Crippen LogP contribution in [0.2, 0.25) is 0 Å². The third-order valence-corrected chi connectivity index (χ3v) is 4.71. The number of piperidine rings is 1. The summed E-state index contributed by atoms with van der Waals surface area (Å²) in [6.45, 7) is 3.98. The van der Waals surface area contributed by atoms with Gasteiger partial charge in [-0.15, -0.1) is 0 Å². The second-order valence-electron chi connectivity index (χ2n) is 6.61. The van der Waals surface area contributed by atoms with Crippen LogP contribution in [0, 0.1) is 12.8 Å². The van der Waals surface area contributed by atoms with E-state index in [2.05, 4.69) is 5.32 Å². The summed E-state index contributed by atoms with van der Waals surface area (Å²) < 4.78 is 10.5. The topological polar surface area (TPSA) is 71.8 Å². The fourth-order valence-electron chi connectivity index (χ4n) is 3.08. The van der Waals surface area contributed by atoms with E-state index in [9.17, 15) is 9.59 Å². The van der Waals surface area contributed by atoms with Gasteiger partial charge in [0.25, 0.3) is 11.8 Å². The molecule has 2 aromatic rings. The molecule has 6 heteroatoms. The molecule has 0 atom stereocenters. The lowest BCUT2D eigenvalue weighted by molar-refractivity contribution is -0.123. The van der Waals surface area contributed by atoms with Crippen molar-refractivity contribution < 1.29 is 18.7 Å². The summed E-state index contributed by atoms with van der Waals surface area (Å²) in [5.74, 6) is 0.998. The van der Waals surface area contributed by atoms with Gasteiger partial charge in [-0.25, -0.2) is 0 Å². The monoisotopic (exact) mass is 356 g/mol. The largest absolute Gasteiger partial charge is 0.484 e. The molecule has 26 heavy (non-hydrogen) atoms. The highest BCUT2D eigenvalue weighted by Gasteiger charge is 2.24. The van der Waals surface area contributed by atoms with Crippen LogP contribution in [-0.2, 0) is 4.79 Å². The van der Waals surface area contributed by atoms with Crippen molar-refractivity contribution in [3.8, 4) is 5.75 Å². The molecule has 138 valence electrons. The number of rotatable bonds is 6. The molecular weight excluding hydrogens is 332 g/mol. The summed E-state index contributed by atoms with van der Waals surface area (Å²) in [4.78, 5) is 26.1. The first-order valence-corrected chi connectivity index (χ1v) is 8.90. The highest BCUT2D eigenvalue weighted by Crippen LogP contribution is 2.19. The SMILES string of the molecule is Cc1ccccc1OCC(=O)NCC1CCN(C(=O)c2ccoc2)CC1. The van der Waals surface area contributed by atoms with Crippen LogP contribution in [0.4, 0.5) is 0 Å². The van der Waals surface area contributed by atoms with Crippen molar-refractivity contribution in [2.75, 3.05) is 26.2 Å². The molecule has 3 rings (SSSR count). The number of carbonyl (C=O) groups is 2. The van der Waals surface area contributed by atoms with E-state index in [0.29, 0.717) is 31.1 Å². The number of amides is 2. The van der Waals surface area contributed by atoms with Crippen molar-refractivity contribution in [2.24, 2.45) is 5.92 Å². The average molecular weight is 356 g/mol. The van der Waals surface area contributed by atoms with E-state index in [0.717, 1.165) is 24.2 Å². The predicted octanol–water partition coefficient (Wildman–Crippen LogP) is 2.64. The molecule has 0 aliphatic carbocycles. The molecule has 1 fully saturated rings. The summed E-state index contributed by atoms with van der Waals surface area (Å²) in [5, 5.41) is 2.93. The number of likely N-dealkylation sites (tertiary alicyclic amines) is 1. The zero-order chi connectivity index (χ0) is 18.4. The maximum Gasteiger partial charge on any atom is 0.257 e. The summed E-state index contributed by atoms with van der Waals surface area (Å²) in [7, 11) is 0. The average Bonchev–Trinajstić information content (AvgIpc) is 3.20. The fourth-order valence-corrected chi connectivity index (χ4v) is 3.08. The van der Waals surface area contributed by atoms with E-state index in [1.165, 1.54) is 12.5 Å². The number of ether oxygens (including phenoxy) is 1. The minimum atomic E-state index is -0.120. The molecule has 1 aromatic carbocycles. The van der Waals surface area contributed by atoms with Gasteiger partial charge < -0.3 is 19.4 Å². The Hall–Kier alpha value is -2.76. The molecule has 0 spiro atoms. The van der Waals surface area contributed by atoms with Gasteiger partial charge in [0.2, 0.25) is 0 Å². The summed E-state index contributed by atoms with van der Waals surface area (Å²) in [5.41, 5.74) is 1.60. The number of nitrogens with zero attached hydrogens (tertiary/aromatic N) is 1. The standard InChI is InChI=1S/C20H24N2O4/c1-15-4-2-3-5-18(15)26-14-19(23)21-12-16-6-9-22(10-7-16)20(24)17-8-11-25-13-17/h2-5,8,11,13,16H,6-7,9-10,12,14H2,1H3,(H,21,23). The molecule has 6 nitrogen and oxygen atoms in total. The van der Waals surface area contributed by atoms with Crippen LogP contribution < -0.4 is 10.1 Å². The van der Waals surface area contributed by atoms with Gasteiger partial charge in [0, 0.05) is 19.6 Å². The Morgan fingerprint density at radius 3 is 2.69 bits per heavy atom. The van der Waals surface area contributed by atoms with Crippen LogP contribution >= 0.6 is 0 Å². The predicted molar refractivity (Wildman–Crippen MR) is 97.0 cm³/mol. The lowest BCUT2D eigenvalue weighted by Crippen LogP contribution is -2.42. The second kappa shape index (κ2) is 8.56. The Morgan fingerprint density at radius 1 is 1.23 bits per heavy atom. The van der Waals surface area contributed by atoms with Gasteiger partial charge >= 0.3 is 0 Å². The van der Waals surface area contributed by atoms with E-state index >= 15 is 0 Å². The Labute approximate surface area is 153 Å². The normalized spacial score (nSPS) is 14.9. The third-order valence-electron chi connectivity index (χ3n) is 4.71. The van der Waals surface area contributed by atoms with E-state index in [4.69, 9.17) is 9.15 Å². The fraction of sp³-hybridized carbons (Fsp3) is 0.400. The number of para-hydroxylation sites is 1. The van der Waals surface area contributed by atoms with Gasteiger partial charge in [-0.05, 0) is 43.4 Å². The minimum Gasteiger partial charge on any atom is -0.484 e. The summed E-state index contributed by atoms with van der Waals surface area (Å²) in [6.07, 6.45) is 4.74. The van der Waals surface area contributed by atoms with Crippen molar-refractivity contribution in [3.05, 3.63) is 54.0 Å². The highest BCUT2D eigenvalue weighted by atomic mass is 16.5. The number of hydrogen-bond donors (Lipinski definition) is 1. The molecule has 2 heterocycles. The van der Waals surface area contributed by atoms with E-state index in [1.54, 1.807) is 6.07 Å². The van der Waals surface area contributed by atoms with E-state index in [1.807, 2.05) is 36.1 Å². The Bertz CT molecular complexity index is 734. The maximum atomic E-state index is 12.3. The highest BCUT2D eigenvalue weighted by molar-refractivity contribution is 5.93. The number of hydrogen-bond acceptors (Lipinski definition) is 4. The van der Waals surface area contributed by atoms with Gasteiger partial charge in [0.1, 0.15) is 12.0 Å². The molecule has 0 unspecified atom stereocenters. The zero-order valence-electron chi connectivity index (χ0n) is 14.9. The van der Waals surface area contributed by atoms with Crippen molar-refractivity contribution in [1.29, 1.82) is 0 Å². The van der Waals surface area contributed by atoms with E-state index in [-0.39, 0.29) is 18.4 Å². The van der Waals surface area contributed by atoms with Crippen LogP contribution in [0.15, 0.2) is 47.3 Å². The number of furan rings is 1. The van der Waals surface area contributed by atoms with Crippen molar-refractivity contribution in [1.82, 2.24) is 10.2 Å². The number of carbonyl (C=O) groups excluding carboxylic acids is 2. The molecule has 1 aliphatic rings. The van der Waals surface area contributed by atoms with Crippen molar-refractivity contribution in [2.45, 2.75) is 19.8 Å². The molecule has 0 radical (unpaired) electrons. The first-order valence-electron chi connectivity index (χ1n) is 8.90. The third kappa shape index (κ3) is 4.65. The minimum absolute atomic E-state index is 0.00728. The molecule has 2 amide bonds. The number of nitrogens with one attached hydrogen (secondary N) is 1. The van der Waals surface area contributed by atoms with Gasteiger partial charge in [0.05, 0.1) is 11.8 Å². The van der Waals surface area contributed by atoms with Gasteiger partial charge in [0.15, 0.2) is 6.61 Å². The van der Waals surface area contributed by atoms with Gasteiger partial charge in [-0.3, -0.25) is 9.59 Å². The Kier molecular flexibility index (Phi) is 5.94. The Balaban J connectivity index is 1.36. The van der Waals surface area contributed by atoms with E-state index < -0.39 is 0 Å². The van der Waals surface area contributed by atoms with Gasteiger partial charge in [-0.1, -0.05) is 18.2 Å². The second-order valence-corrected chi connectivity index (χ2v) is 6.61. The smallest absolute Gasteiger partial charge is 0.257 e. The number of benzene rings is 1. The van der Waals surface area contributed by atoms with Crippen LogP contribution in [0.3, 0.4) is 0 Å². The Morgan fingerprint density at radius 2 is 2.00 bits per heavy atom. The molecule has 1 aromatic heterocycles. The van der Waals surface area contributed by atoms with Crippen LogP contribution in [0.1, 0.15) is 28.8 Å². The van der Waals surface area contributed by atoms with Crippen molar-refractivity contribution >= 4 is 11.8 Å². The molecule has 1 N–H and O–H groups in total. The first-order chi connectivity index (χ1) is 12.6. The quantitative estimate of drug-likeness (QED) is 0.864. The lowest BCUT2D eigenvalue weighted by atomic mass is 9.96. The molecule has 0 bridgehead atoms. The summed E-state index contributed by atoms with van der Waals surface area (Å²) >= 11 is 0. The summed E-state index contributed by atoms with van der Waals surface area (Å²) in [6, 6.07) is 9.31. The van der Waals surface area contributed by atoms with Crippen LogP contribution in [-0.4, -0.2) is 43.0 Å². The molecule has 1 aliphatic heterocycles. The first kappa shape index (κ1) is 18.0. The molecule has 0 saturated carbocycles. The number of aryl methyl sites for hydroxylation is 1. The lowest BCUT2D eigenvalue weighted by Gasteiger charge is -2.31. The maximum absolute atomic E-state index is 12.3. The van der Waals surface area contributed by atoms with Crippen LogP contribution in [0.25, 0.3) is 0 Å². The van der Waals surface area contributed by atoms with Crippen LogP contribution in [0.5, 0.6) is 5.75 Å². The zero-order valence-corrected chi connectivity index (χ0v) is 14.9. The van der Waals surface area contributed by atoms with Crippen molar-refractivity contribution in [3.63, 3.8) is 0 Å². The molecule has 1 saturated heterocycles. The molecular formula is C20H24N2O4.